The summed E-state index contributed by atoms with van der Waals surface area (Å²) in [5.74, 6) is 6.25. The summed E-state index contributed by atoms with van der Waals surface area (Å²) in [5, 5.41) is 0. The third-order valence-corrected chi connectivity index (χ3v) is 2.45. The summed E-state index contributed by atoms with van der Waals surface area (Å²) in [5.41, 5.74) is 2.78. The van der Waals surface area contributed by atoms with Gasteiger partial charge in [-0.1, -0.05) is 19.3 Å². The number of hydrogen-bond donors (Lipinski definition) is 2. The lowest BCUT2D eigenvalue weighted by molar-refractivity contribution is 0.141. The van der Waals surface area contributed by atoms with Crippen molar-refractivity contribution in [1.29, 1.82) is 0 Å². The van der Waals surface area contributed by atoms with Crippen LogP contribution in [0.5, 0.6) is 0 Å². The predicted octanol–water partition coefficient (Wildman–Crippen LogP) is 0.655. The predicted molar refractivity (Wildman–Crippen MR) is 44.9 cm³/mol. The maximum absolute atomic E-state index is 5.36. The van der Waals surface area contributed by atoms with Crippen LogP contribution in [0.2, 0.25) is 0 Å². The standard InChI is InChI=1S/C8H18N2O/c1-11-6-8(10-9)5-7-3-2-4-7/h7-8,10H,2-6,9H2,1H3. The molecule has 0 saturated heterocycles. The highest BCUT2D eigenvalue weighted by Gasteiger charge is 2.21. The van der Waals surface area contributed by atoms with Gasteiger partial charge in [-0.3, -0.25) is 11.3 Å². The molecule has 3 N–H and O–H groups in total. The van der Waals surface area contributed by atoms with E-state index in [4.69, 9.17) is 10.6 Å². The van der Waals surface area contributed by atoms with Gasteiger partial charge in [0.2, 0.25) is 0 Å². The highest BCUT2D eigenvalue weighted by molar-refractivity contribution is 4.75. The fourth-order valence-corrected chi connectivity index (χ4v) is 1.52. The molecule has 0 aliphatic heterocycles. The van der Waals surface area contributed by atoms with E-state index in [0.717, 1.165) is 12.5 Å². The van der Waals surface area contributed by atoms with Crippen molar-refractivity contribution in [1.82, 2.24) is 5.43 Å². The van der Waals surface area contributed by atoms with Crippen LogP contribution in [0.3, 0.4) is 0 Å². The molecule has 11 heavy (non-hydrogen) atoms. The molecule has 1 aliphatic rings. The maximum atomic E-state index is 5.36. The Morgan fingerprint density at radius 3 is 2.73 bits per heavy atom. The minimum absolute atomic E-state index is 0.352. The molecule has 66 valence electrons. The molecule has 3 heteroatoms. The molecule has 0 amide bonds. The number of nitrogens with one attached hydrogen (secondary N) is 1. The zero-order valence-corrected chi connectivity index (χ0v) is 7.18. The highest BCUT2D eigenvalue weighted by atomic mass is 16.5. The second kappa shape index (κ2) is 4.70. The molecule has 0 aromatic carbocycles. The monoisotopic (exact) mass is 158 g/mol. The lowest BCUT2D eigenvalue weighted by Crippen LogP contribution is -2.40. The molecule has 3 nitrogen and oxygen atoms in total. The molecule has 0 heterocycles. The minimum Gasteiger partial charge on any atom is -0.383 e. The SMILES string of the molecule is COCC(CC1CCC1)NN. The number of nitrogens with two attached hydrogens (primary N) is 1. The fraction of sp³-hybridized carbons (Fsp3) is 1.00. The van der Waals surface area contributed by atoms with Gasteiger partial charge in [0.1, 0.15) is 0 Å². The van der Waals surface area contributed by atoms with E-state index < -0.39 is 0 Å². The Hall–Kier alpha value is -0.120. The number of rotatable bonds is 5. The van der Waals surface area contributed by atoms with Crippen molar-refractivity contribution in [3.05, 3.63) is 0 Å². The molecular weight excluding hydrogens is 140 g/mol. The third-order valence-electron chi connectivity index (χ3n) is 2.45. The van der Waals surface area contributed by atoms with Crippen LogP contribution in [-0.2, 0) is 4.74 Å². The van der Waals surface area contributed by atoms with Gasteiger partial charge >= 0.3 is 0 Å². The fourth-order valence-electron chi connectivity index (χ4n) is 1.52. The lowest BCUT2D eigenvalue weighted by atomic mass is 9.81. The van der Waals surface area contributed by atoms with Crippen molar-refractivity contribution in [3.8, 4) is 0 Å². The molecular formula is C8H18N2O. The molecule has 1 unspecified atom stereocenters. The van der Waals surface area contributed by atoms with Crippen molar-refractivity contribution >= 4 is 0 Å². The molecule has 0 radical (unpaired) electrons. The van der Waals surface area contributed by atoms with E-state index in [1.54, 1.807) is 7.11 Å². The summed E-state index contributed by atoms with van der Waals surface area (Å²) in [4.78, 5) is 0. The van der Waals surface area contributed by atoms with Crippen molar-refractivity contribution < 1.29 is 4.74 Å². The third kappa shape index (κ3) is 2.77. The van der Waals surface area contributed by atoms with Crippen molar-refractivity contribution in [2.24, 2.45) is 11.8 Å². The van der Waals surface area contributed by atoms with Crippen LogP contribution in [0.25, 0.3) is 0 Å². The van der Waals surface area contributed by atoms with Gasteiger partial charge in [-0.25, -0.2) is 0 Å². The smallest absolute Gasteiger partial charge is 0.0629 e. The Morgan fingerprint density at radius 1 is 1.64 bits per heavy atom. The second-order valence-corrected chi connectivity index (χ2v) is 3.35. The Labute approximate surface area is 68.3 Å². The van der Waals surface area contributed by atoms with Crippen LogP contribution in [0.15, 0.2) is 0 Å². The molecule has 1 fully saturated rings. The normalized spacial score (nSPS) is 21.3. The summed E-state index contributed by atoms with van der Waals surface area (Å²) >= 11 is 0. The molecule has 0 aromatic rings. The minimum atomic E-state index is 0.352. The van der Waals surface area contributed by atoms with Crippen LogP contribution < -0.4 is 11.3 Å². The average Bonchev–Trinajstić information content (AvgIpc) is 1.94. The van der Waals surface area contributed by atoms with E-state index in [-0.39, 0.29) is 0 Å². The topological polar surface area (TPSA) is 47.3 Å². The van der Waals surface area contributed by atoms with E-state index in [1.807, 2.05) is 0 Å². The Balaban J connectivity index is 2.08. The number of ether oxygens (including phenoxy) is 1. The molecule has 0 bridgehead atoms. The Kier molecular flexibility index (Phi) is 3.83. The van der Waals surface area contributed by atoms with Crippen LogP contribution in [0.4, 0.5) is 0 Å². The lowest BCUT2D eigenvalue weighted by Gasteiger charge is -2.28. The highest BCUT2D eigenvalue weighted by Crippen LogP contribution is 2.30. The summed E-state index contributed by atoms with van der Waals surface area (Å²) < 4.78 is 5.02. The van der Waals surface area contributed by atoms with Gasteiger partial charge in [0, 0.05) is 13.2 Å². The zero-order chi connectivity index (χ0) is 8.10. The quantitative estimate of drug-likeness (QED) is 0.456. The first-order chi connectivity index (χ1) is 5.36. The largest absolute Gasteiger partial charge is 0.383 e. The number of methoxy groups -OCH3 is 1. The van der Waals surface area contributed by atoms with Crippen LogP contribution in [0, 0.1) is 5.92 Å². The summed E-state index contributed by atoms with van der Waals surface area (Å²) in [6.45, 7) is 0.729. The van der Waals surface area contributed by atoms with Gasteiger partial charge in [0.05, 0.1) is 6.61 Å². The van der Waals surface area contributed by atoms with E-state index >= 15 is 0 Å². The number of hydrogen-bond acceptors (Lipinski definition) is 3. The molecule has 0 spiro atoms. The maximum Gasteiger partial charge on any atom is 0.0629 e. The molecule has 1 aliphatic carbocycles. The Morgan fingerprint density at radius 2 is 2.36 bits per heavy atom. The van der Waals surface area contributed by atoms with E-state index in [9.17, 15) is 0 Å². The van der Waals surface area contributed by atoms with Gasteiger partial charge in [-0.15, -0.1) is 0 Å². The van der Waals surface area contributed by atoms with Crippen LogP contribution in [-0.4, -0.2) is 19.8 Å². The van der Waals surface area contributed by atoms with E-state index in [0.29, 0.717) is 6.04 Å². The van der Waals surface area contributed by atoms with Crippen molar-refractivity contribution in [2.45, 2.75) is 31.7 Å². The van der Waals surface area contributed by atoms with Gasteiger partial charge in [-0.2, -0.15) is 0 Å². The molecule has 1 rings (SSSR count). The van der Waals surface area contributed by atoms with Crippen molar-refractivity contribution in [3.63, 3.8) is 0 Å². The average molecular weight is 158 g/mol. The molecule has 0 aromatic heterocycles. The van der Waals surface area contributed by atoms with Gasteiger partial charge < -0.3 is 4.74 Å². The zero-order valence-electron chi connectivity index (χ0n) is 7.18. The number of hydrazine groups is 1. The first-order valence-electron chi connectivity index (χ1n) is 4.32. The van der Waals surface area contributed by atoms with Crippen molar-refractivity contribution in [2.75, 3.05) is 13.7 Å². The summed E-state index contributed by atoms with van der Waals surface area (Å²) in [7, 11) is 1.71. The first kappa shape index (κ1) is 8.97. The van der Waals surface area contributed by atoms with E-state index in [2.05, 4.69) is 5.43 Å². The molecule has 1 saturated carbocycles. The van der Waals surface area contributed by atoms with Gasteiger partial charge in [0.25, 0.3) is 0 Å². The van der Waals surface area contributed by atoms with E-state index in [1.165, 1.54) is 25.7 Å². The second-order valence-electron chi connectivity index (χ2n) is 3.35. The Bertz CT molecular complexity index is 104. The first-order valence-corrected chi connectivity index (χ1v) is 4.32. The van der Waals surface area contributed by atoms with Crippen LogP contribution >= 0.6 is 0 Å². The molecule has 1 atom stereocenters. The summed E-state index contributed by atoms with van der Waals surface area (Å²) in [6, 6.07) is 0.352. The van der Waals surface area contributed by atoms with Gasteiger partial charge in [0.15, 0.2) is 0 Å². The van der Waals surface area contributed by atoms with Gasteiger partial charge in [-0.05, 0) is 12.3 Å². The summed E-state index contributed by atoms with van der Waals surface area (Å²) in [6.07, 6.45) is 5.32. The van der Waals surface area contributed by atoms with Crippen LogP contribution in [0.1, 0.15) is 25.7 Å².